The number of nitrogens with zero attached hydrogens (tertiary/aromatic N) is 1. The first-order chi connectivity index (χ1) is 17.2. The van der Waals surface area contributed by atoms with Crippen molar-refractivity contribution in [3.8, 4) is 5.75 Å². The number of aliphatic hydroxyl groups is 2. The first-order valence-corrected chi connectivity index (χ1v) is 13.6. The number of para-hydroxylation sites is 1. The van der Waals surface area contributed by atoms with Gasteiger partial charge in [-0.2, -0.15) is 0 Å². The van der Waals surface area contributed by atoms with E-state index in [9.17, 15) is 19.8 Å². The Morgan fingerprint density at radius 2 is 1.92 bits per heavy atom. The van der Waals surface area contributed by atoms with E-state index in [1.165, 1.54) is 11.3 Å². The molecule has 3 aliphatic rings. The Hall–Kier alpha value is -2.49. The molecular formula is C27H35N3O5S. The van der Waals surface area contributed by atoms with Gasteiger partial charge in [0, 0.05) is 28.7 Å². The second-order valence-corrected chi connectivity index (χ2v) is 12.1. The Kier molecular flexibility index (Phi) is 6.82. The molecule has 0 spiro atoms. The first-order valence-electron chi connectivity index (χ1n) is 12.8. The van der Waals surface area contributed by atoms with Crippen LogP contribution in [0.4, 0.5) is 5.13 Å². The molecule has 1 aromatic carbocycles. The lowest BCUT2D eigenvalue weighted by molar-refractivity contribution is -0.144. The number of thiazole rings is 1. The normalized spacial score (nSPS) is 31.2. The number of aromatic nitrogens is 1. The number of aliphatic hydroxyl groups excluding tert-OH is 2. The van der Waals surface area contributed by atoms with Crippen LogP contribution in [0.15, 0.2) is 30.3 Å². The van der Waals surface area contributed by atoms with Crippen LogP contribution in [0.1, 0.15) is 62.4 Å². The van der Waals surface area contributed by atoms with Gasteiger partial charge in [0.05, 0.1) is 18.4 Å². The Balaban J connectivity index is 1.40. The van der Waals surface area contributed by atoms with Gasteiger partial charge in [-0.15, -0.1) is 11.3 Å². The molecule has 2 aromatic rings. The third kappa shape index (κ3) is 4.76. The molecule has 2 amide bonds. The maximum atomic E-state index is 13.0. The van der Waals surface area contributed by atoms with E-state index in [-0.39, 0.29) is 48.3 Å². The lowest BCUT2D eigenvalue weighted by atomic mass is 9.47. The summed E-state index contributed by atoms with van der Waals surface area (Å²) < 4.78 is 5.56. The zero-order valence-corrected chi connectivity index (χ0v) is 21.6. The molecule has 0 saturated heterocycles. The van der Waals surface area contributed by atoms with Crippen LogP contribution in [0.25, 0.3) is 0 Å². The number of rotatable bonds is 8. The Bertz CT molecular complexity index is 1120. The summed E-state index contributed by atoms with van der Waals surface area (Å²) >= 11 is 1.42. The van der Waals surface area contributed by atoms with E-state index >= 15 is 0 Å². The Morgan fingerprint density at radius 1 is 1.17 bits per heavy atom. The molecule has 5 unspecified atom stereocenters. The van der Waals surface area contributed by atoms with Crippen molar-refractivity contribution in [2.24, 2.45) is 16.7 Å². The average molecular weight is 514 g/mol. The number of amides is 2. The van der Waals surface area contributed by atoms with Gasteiger partial charge in [-0.1, -0.05) is 32.0 Å². The highest BCUT2D eigenvalue weighted by atomic mass is 32.1. The molecule has 0 radical (unpaired) electrons. The number of ether oxygens (including phenoxy) is 1. The van der Waals surface area contributed by atoms with Gasteiger partial charge < -0.3 is 20.3 Å². The van der Waals surface area contributed by atoms with Gasteiger partial charge in [0.1, 0.15) is 5.75 Å². The topological polar surface area (TPSA) is 121 Å². The summed E-state index contributed by atoms with van der Waals surface area (Å²) in [4.78, 5) is 31.4. The fourth-order valence-electron chi connectivity index (χ4n) is 6.22. The van der Waals surface area contributed by atoms with Crippen LogP contribution in [0.3, 0.4) is 0 Å². The fraction of sp³-hybridized carbons (Fsp3) is 0.593. The van der Waals surface area contributed by atoms with Crippen molar-refractivity contribution >= 4 is 28.3 Å². The van der Waals surface area contributed by atoms with Crippen LogP contribution >= 0.6 is 11.3 Å². The van der Waals surface area contributed by atoms with E-state index in [2.05, 4.69) is 17.6 Å². The average Bonchev–Trinajstić information content (AvgIpc) is 3.59. The highest BCUT2D eigenvalue weighted by Gasteiger charge is 2.59. The summed E-state index contributed by atoms with van der Waals surface area (Å²) in [6.45, 7) is 3.89. The van der Waals surface area contributed by atoms with Crippen LogP contribution in [0.2, 0.25) is 0 Å². The number of anilines is 1. The number of nitrogens with one attached hydrogen (secondary N) is 2. The molecule has 4 N–H and O–H groups in total. The highest BCUT2D eigenvalue weighted by molar-refractivity contribution is 7.15. The zero-order valence-electron chi connectivity index (χ0n) is 20.8. The minimum atomic E-state index is -0.674. The lowest BCUT2D eigenvalue weighted by Gasteiger charge is -2.58. The number of carbonyl (C=O) groups excluding carboxylic acids is 2. The van der Waals surface area contributed by atoms with Crippen molar-refractivity contribution in [3.63, 3.8) is 0 Å². The molecule has 0 aliphatic heterocycles. The van der Waals surface area contributed by atoms with Crippen molar-refractivity contribution in [2.75, 3.05) is 18.5 Å². The van der Waals surface area contributed by atoms with Crippen LogP contribution in [0, 0.1) is 16.7 Å². The summed E-state index contributed by atoms with van der Waals surface area (Å²) in [7, 11) is 0. The van der Waals surface area contributed by atoms with Crippen LogP contribution in [-0.2, 0) is 16.0 Å². The van der Waals surface area contributed by atoms with Gasteiger partial charge >= 0.3 is 0 Å². The van der Waals surface area contributed by atoms with Gasteiger partial charge in [-0.25, -0.2) is 4.98 Å². The van der Waals surface area contributed by atoms with Crippen molar-refractivity contribution < 1.29 is 24.5 Å². The molecule has 5 rings (SSSR count). The van der Waals surface area contributed by atoms with Crippen LogP contribution < -0.4 is 15.4 Å². The predicted molar refractivity (Wildman–Crippen MR) is 137 cm³/mol. The van der Waals surface area contributed by atoms with Crippen molar-refractivity contribution in [3.05, 3.63) is 40.9 Å². The fourth-order valence-corrected chi connectivity index (χ4v) is 7.30. The lowest BCUT2D eigenvalue weighted by Crippen LogP contribution is -2.57. The number of carbonyl (C=O) groups is 2. The van der Waals surface area contributed by atoms with Gasteiger partial charge in [-0.3, -0.25) is 14.9 Å². The molecule has 2 saturated carbocycles. The third-order valence-electron chi connectivity index (χ3n) is 8.59. The van der Waals surface area contributed by atoms with Gasteiger partial charge in [0.25, 0.3) is 5.91 Å². The second kappa shape index (κ2) is 9.76. The van der Waals surface area contributed by atoms with E-state index in [0.29, 0.717) is 30.1 Å². The molecular weight excluding hydrogens is 478 g/mol. The summed E-state index contributed by atoms with van der Waals surface area (Å²) in [5.74, 6) is 0.155. The molecule has 3 aliphatic carbocycles. The van der Waals surface area contributed by atoms with Crippen LogP contribution in [0.5, 0.6) is 5.75 Å². The second-order valence-electron chi connectivity index (χ2n) is 11.1. The van der Waals surface area contributed by atoms with Crippen LogP contribution in [-0.4, -0.2) is 52.4 Å². The molecule has 5 atom stereocenters. The Morgan fingerprint density at radius 3 is 2.61 bits per heavy atom. The molecule has 0 bridgehead atoms. The van der Waals surface area contributed by atoms with Crippen molar-refractivity contribution in [1.82, 2.24) is 10.3 Å². The summed E-state index contributed by atoms with van der Waals surface area (Å²) in [6, 6.07) is 9.43. The standard InChI is InChI=1S/C27H35N3O5S/c1-26-11-10-21(32)27(2,15-31)20(26)13-19-24(18(26)12-22(33)28-16-8-9-16)30-25(36-19)29-23(34)14-35-17-6-4-3-5-7-17/h3-7,16,18,20-21,31-32H,8-15H2,1-2H3,(H,28,33)(H,29,30,34). The summed E-state index contributed by atoms with van der Waals surface area (Å²) in [5.41, 5.74) is -0.121. The maximum absolute atomic E-state index is 13.0. The number of fused-ring (bicyclic) bond motifs is 2. The number of benzene rings is 1. The first kappa shape index (κ1) is 25.2. The number of hydrogen-bond acceptors (Lipinski definition) is 7. The quantitative estimate of drug-likeness (QED) is 0.430. The SMILES string of the molecule is CC1(CO)C(O)CCC2(C)C(CC(=O)NC3CC3)c3nc(NC(=O)COc4ccccc4)sc3CC12. The summed E-state index contributed by atoms with van der Waals surface area (Å²) in [6.07, 6.45) is 3.72. The zero-order chi connectivity index (χ0) is 25.5. The molecule has 194 valence electrons. The monoisotopic (exact) mass is 513 g/mol. The van der Waals surface area contributed by atoms with Gasteiger partial charge in [0.15, 0.2) is 11.7 Å². The van der Waals surface area contributed by atoms with Crippen molar-refractivity contribution in [2.45, 2.75) is 70.4 Å². The van der Waals surface area contributed by atoms with E-state index in [0.717, 1.165) is 29.8 Å². The van der Waals surface area contributed by atoms with Gasteiger partial charge in [0.2, 0.25) is 5.91 Å². The molecule has 2 fully saturated rings. The van der Waals surface area contributed by atoms with E-state index < -0.39 is 11.5 Å². The third-order valence-corrected chi connectivity index (χ3v) is 9.59. The molecule has 9 heteroatoms. The molecule has 1 heterocycles. The number of hydrogen-bond donors (Lipinski definition) is 4. The van der Waals surface area contributed by atoms with E-state index in [1.54, 1.807) is 12.1 Å². The van der Waals surface area contributed by atoms with Crippen molar-refractivity contribution in [1.29, 1.82) is 0 Å². The minimum absolute atomic E-state index is 0.0157. The smallest absolute Gasteiger partial charge is 0.264 e. The molecule has 1 aromatic heterocycles. The molecule has 36 heavy (non-hydrogen) atoms. The maximum Gasteiger partial charge on any atom is 0.264 e. The molecule has 8 nitrogen and oxygen atoms in total. The largest absolute Gasteiger partial charge is 0.484 e. The van der Waals surface area contributed by atoms with E-state index in [4.69, 9.17) is 9.72 Å². The summed E-state index contributed by atoms with van der Waals surface area (Å²) in [5, 5.41) is 27.7. The Labute approximate surface area is 215 Å². The highest BCUT2D eigenvalue weighted by Crippen LogP contribution is 2.62. The van der Waals surface area contributed by atoms with Gasteiger partial charge in [-0.05, 0) is 55.6 Å². The predicted octanol–water partition coefficient (Wildman–Crippen LogP) is 3.24. The minimum Gasteiger partial charge on any atom is -0.484 e. The van der Waals surface area contributed by atoms with E-state index in [1.807, 2.05) is 25.1 Å².